The van der Waals surface area contributed by atoms with Crippen molar-refractivity contribution in [3.63, 3.8) is 0 Å². The molecule has 1 saturated carbocycles. The van der Waals surface area contributed by atoms with Crippen molar-refractivity contribution in [3.05, 3.63) is 111 Å². The van der Waals surface area contributed by atoms with Gasteiger partial charge in [-0.05, 0) is 55.4 Å². The van der Waals surface area contributed by atoms with Gasteiger partial charge in [-0.1, -0.05) is 54.6 Å². The Morgan fingerprint density at radius 2 is 1.63 bits per heavy atom. The van der Waals surface area contributed by atoms with Crippen LogP contribution < -0.4 is 4.80 Å². The van der Waals surface area contributed by atoms with Crippen LogP contribution in [0.25, 0.3) is 11.3 Å². The second-order valence-electron chi connectivity index (χ2n) is 8.40. The van der Waals surface area contributed by atoms with E-state index in [1.807, 2.05) is 6.07 Å². The lowest BCUT2D eigenvalue weighted by atomic mass is 9.83. The van der Waals surface area contributed by atoms with Gasteiger partial charge >= 0.3 is 0 Å². The van der Waals surface area contributed by atoms with Crippen molar-refractivity contribution in [2.75, 3.05) is 0 Å². The zero-order valence-electron chi connectivity index (χ0n) is 18.9. The molecule has 1 fully saturated rings. The van der Waals surface area contributed by atoms with Crippen LogP contribution in [0, 0.1) is 15.9 Å². The Labute approximate surface area is 205 Å². The number of nitro benzene ring substituents is 1. The third kappa shape index (κ3) is 4.97. The second-order valence-corrected chi connectivity index (χ2v) is 9.24. The van der Waals surface area contributed by atoms with Gasteiger partial charge in [0.2, 0.25) is 4.80 Å². The van der Waals surface area contributed by atoms with Crippen LogP contribution in [0.5, 0.6) is 0 Å². The highest BCUT2D eigenvalue weighted by molar-refractivity contribution is 7.07. The first kappa shape index (κ1) is 22.9. The van der Waals surface area contributed by atoms with Gasteiger partial charge in [0.25, 0.3) is 5.69 Å². The molecule has 4 aromatic rings. The lowest BCUT2D eigenvalue weighted by molar-refractivity contribution is -0.384. The zero-order chi connectivity index (χ0) is 24.2. The van der Waals surface area contributed by atoms with Crippen LogP contribution in [-0.2, 0) is 0 Å². The molecule has 1 aliphatic rings. The number of rotatable bonds is 5. The number of hydrogen-bond acceptors (Lipinski definition) is 5. The van der Waals surface area contributed by atoms with E-state index in [1.165, 1.54) is 29.0 Å². The molecule has 1 aromatic heterocycles. The summed E-state index contributed by atoms with van der Waals surface area (Å²) in [5.74, 6) is 0.133. The van der Waals surface area contributed by atoms with Gasteiger partial charge in [-0.2, -0.15) is 5.10 Å². The molecule has 3 aromatic carbocycles. The Balaban J connectivity index is 1.56. The van der Waals surface area contributed by atoms with Crippen molar-refractivity contribution in [2.45, 2.75) is 31.6 Å². The van der Waals surface area contributed by atoms with E-state index in [-0.39, 0.29) is 17.2 Å². The highest BCUT2D eigenvalue weighted by atomic mass is 32.1. The predicted molar refractivity (Wildman–Crippen MR) is 137 cm³/mol. The first-order valence-electron chi connectivity index (χ1n) is 11.5. The van der Waals surface area contributed by atoms with Gasteiger partial charge in [0.05, 0.1) is 10.6 Å². The first-order valence-corrected chi connectivity index (χ1v) is 12.3. The normalized spacial score (nSPS) is 16.3. The Kier molecular flexibility index (Phi) is 6.63. The molecule has 6 nitrogen and oxygen atoms in total. The number of hydrogen-bond donors (Lipinski definition) is 0. The van der Waals surface area contributed by atoms with E-state index in [2.05, 4.69) is 29.3 Å². The summed E-state index contributed by atoms with van der Waals surface area (Å²) >= 11 is 1.28. The van der Waals surface area contributed by atoms with Crippen LogP contribution in [0.15, 0.2) is 94.3 Å². The lowest BCUT2D eigenvalue weighted by Crippen LogP contribution is -2.18. The number of thiazole rings is 1. The van der Waals surface area contributed by atoms with Crippen LogP contribution in [0.2, 0.25) is 0 Å². The monoisotopic (exact) mass is 486 g/mol. The van der Waals surface area contributed by atoms with E-state index in [0.29, 0.717) is 22.0 Å². The zero-order valence-corrected chi connectivity index (χ0v) is 19.7. The molecule has 1 aliphatic carbocycles. The van der Waals surface area contributed by atoms with Crippen molar-refractivity contribution >= 4 is 28.4 Å². The van der Waals surface area contributed by atoms with Gasteiger partial charge in [0.1, 0.15) is 11.5 Å². The maximum Gasteiger partial charge on any atom is 0.294 e. The molecule has 35 heavy (non-hydrogen) atoms. The van der Waals surface area contributed by atoms with E-state index in [0.717, 1.165) is 31.4 Å². The van der Waals surface area contributed by atoms with Crippen molar-refractivity contribution < 1.29 is 9.31 Å². The Morgan fingerprint density at radius 1 is 0.943 bits per heavy atom. The van der Waals surface area contributed by atoms with Gasteiger partial charge in [0.15, 0.2) is 0 Å². The van der Waals surface area contributed by atoms with E-state index in [4.69, 9.17) is 5.10 Å². The lowest BCUT2D eigenvalue weighted by Gasteiger charge is -2.23. The molecule has 5 rings (SSSR count). The number of aromatic nitrogens is 1. The number of benzene rings is 3. The minimum atomic E-state index is -0.453. The average molecular weight is 487 g/mol. The van der Waals surface area contributed by atoms with Gasteiger partial charge < -0.3 is 0 Å². The Hall–Kier alpha value is -3.91. The van der Waals surface area contributed by atoms with Crippen molar-refractivity contribution in [3.8, 4) is 11.3 Å². The van der Waals surface area contributed by atoms with Crippen LogP contribution in [0.3, 0.4) is 0 Å². The molecule has 0 amide bonds. The van der Waals surface area contributed by atoms with Crippen molar-refractivity contribution in [1.82, 2.24) is 4.68 Å². The molecule has 0 spiro atoms. The van der Waals surface area contributed by atoms with Crippen LogP contribution in [0.1, 0.15) is 37.2 Å². The Bertz CT molecular complexity index is 1450. The van der Waals surface area contributed by atoms with Gasteiger partial charge in [-0.25, -0.2) is 14.1 Å². The molecule has 0 bridgehead atoms. The van der Waals surface area contributed by atoms with Crippen molar-refractivity contribution in [2.24, 2.45) is 10.1 Å². The molecule has 0 aliphatic heterocycles. The summed E-state index contributed by atoms with van der Waals surface area (Å²) in [5.41, 5.74) is 3.49. The molecule has 176 valence electrons. The smallest absolute Gasteiger partial charge is 0.258 e. The summed E-state index contributed by atoms with van der Waals surface area (Å²) < 4.78 is 16.3. The maximum absolute atomic E-state index is 14.7. The van der Waals surface area contributed by atoms with Crippen LogP contribution in [0.4, 0.5) is 15.8 Å². The standard InChI is InChI=1S/C27H23FN4O2S/c28-23-11-5-4-10-22(23)26-18-35-27(29-24-12-6-7-13-25(24)32(33)34)31(26)30-21-16-14-20(15-17-21)19-8-2-1-3-9-19/h1-13,18,20H,14-17H2. The summed E-state index contributed by atoms with van der Waals surface area (Å²) in [5, 5.41) is 18.2. The summed E-state index contributed by atoms with van der Waals surface area (Å²) in [6, 6.07) is 23.4. The Morgan fingerprint density at radius 3 is 2.37 bits per heavy atom. The predicted octanol–water partition coefficient (Wildman–Crippen LogP) is 7.06. The topological polar surface area (TPSA) is 72.8 Å². The molecule has 0 N–H and O–H groups in total. The molecule has 1 heterocycles. The summed E-state index contributed by atoms with van der Waals surface area (Å²) in [6.07, 6.45) is 3.62. The van der Waals surface area contributed by atoms with E-state index < -0.39 is 4.92 Å². The fraction of sp³-hybridized carbons (Fsp3) is 0.185. The maximum atomic E-state index is 14.7. The molecular weight excluding hydrogens is 463 g/mol. The highest BCUT2D eigenvalue weighted by Crippen LogP contribution is 2.32. The fourth-order valence-corrected chi connectivity index (χ4v) is 5.23. The van der Waals surface area contributed by atoms with Gasteiger partial charge in [-0.15, -0.1) is 11.3 Å². The quantitative estimate of drug-likeness (QED) is 0.224. The van der Waals surface area contributed by atoms with Gasteiger partial charge in [0, 0.05) is 22.7 Å². The van der Waals surface area contributed by atoms with E-state index in [9.17, 15) is 14.5 Å². The average Bonchev–Trinajstić information content (AvgIpc) is 3.27. The number of nitro groups is 1. The number of para-hydroxylation sites is 2. The van der Waals surface area contributed by atoms with Crippen molar-refractivity contribution in [1.29, 1.82) is 0 Å². The molecular formula is C27H23FN4O2S. The number of halogens is 1. The van der Waals surface area contributed by atoms with E-state index in [1.54, 1.807) is 46.5 Å². The summed E-state index contributed by atoms with van der Waals surface area (Å²) in [4.78, 5) is 16.1. The number of nitrogens with zero attached hydrogens (tertiary/aromatic N) is 4. The van der Waals surface area contributed by atoms with Crippen LogP contribution >= 0.6 is 11.3 Å². The molecule has 0 unspecified atom stereocenters. The highest BCUT2D eigenvalue weighted by Gasteiger charge is 2.21. The summed E-state index contributed by atoms with van der Waals surface area (Å²) in [7, 11) is 0. The SMILES string of the molecule is O=[N+]([O-])c1ccccc1N=c1scc(-c2ccccc2F)n1N=C1CCC(c2ccccc2)CC1. The largest absolute Gasteiger partial charge is 0.294 e. The van der Waals surface area contributed by atoms with Crippen LogP contribution in [-0.4, -0.2) is 15.3 Å². The minimum absolute atomic E-state index is 0.0871. The molecule has 0 atom stereocenters. The summed E-state index contributed by atoms with van der Waals surface area (Å²) in [6.45, 7) is 0. The third-order valence-electron chi connectivity index (χ3n) is 6.20. The molecule has 0 saturated heterocycles. The van der Waals surface area contributed by atoms with E-state index >= 15 is 0 Å². The molecule has 8 heteroatoms. The minimum Gasteiger partial charge on any atom is -0.258 e. The first-order chi connectivity index (χ1) is 17.1. The second kappa shape index (κ2) is 10.1. The van der Waals surface area contributed by atoms with Gasteiger partial charge in [-0.3, -0.25) is 10.1 Å². The third-order valence-corrected chi connectivity index (χ3v) is 7.02. The molecule has 0 radical (unpaired) electrons. The fourth-order valence-electron chi connectivity index (χ4n) is 4.40.